The van der Waals surface area contributed by atoms with E-state index in [0.29, 0.717) is 26.3 Å². The molecule has 0 aliphatic carbocycles. The van der Waals surface area contributed by atoms with Gasteiger partial charge in [0.2, 0.25) is 0 Å². The predicted octanol–water partition coefficient (Wildman–Crippen LogP) is 3.55. The number of aromatic nitrogens is 2. The molecule has 16 heavy (non-hydrogen) atoms. The summed E-state index contributed by atoms with van der Waals surface area (Å²) in [6.45, 7) is 0. The summed E-state index contributed by atoms with van der Waals surface area (Å²) in [4.78, 5) is 8.70. The van der Waals surface area contributed by atoms with E-state index in [0.717, 1.165) is 0 Å². The number of halogens is 2. The zero-order valence-electron chi connectivity index (χ0n) is 8.02. The summed E-state index contributed by atoms with van der Waals surface area (Å²) in [7, 11) is 0. The SMILES string of the molecule is S=C(c1ncccc1Cl)c1ncccc1Cl. The van der Waals surface area contributed by atoms with E-state index in [2.05, 4.69) is 9.97 Å². The molecule has 0 radical (unpaired) electrons. The number of rotatable bonds is 2. The monoisotopic (exact) mass is 268 g/mol. The highest BCUT2D eigenvalue weighted by molar-refractivity contribution is 7.81. The Morgan fingerprint density at radius 3 is 1.75 bits per heavy atom. The second-order valence-corrected chi connectivity index (χ2v) is 4.22. The molecule has 0 aliphatic rings. The molecule has 0 aromatic carbocycles. The van der Waals surface area contributed by atoms with Gasteiger partial charge in [0.1, 0.15) is 11.4 Å². The van der Waals surface area contributed by atoms with Crippen LogP contribution in [0.3, 0.4) is 0 Å². The van der Waals surface area contributed by atoms with Crippen LogP contribution < -0.4 is 0 Å². The Kier molecular flexibility index (Phi) is 3.49. The van der Waals surface area contributed by atoms with Gasteiger partial charge in [0.05, 0.1) is 14.9 Å². The zero-order valence-corrected chi connectivity index (χ0v) is 10.4. The number of thiocarbonyl (C=S) groups is 1. The molecule has 2 heterocycles. The van der Waals surface area contributed by atoms with Gasteiger partial charge in [-0.05, 0) is 24.3 Å². The van der Waals surface area contributed by atoms with Gasteiger partial charge in [-0.25, -0.2) is 0 Å². The fraction of sp³-hybridized carbons (Fsp3) is 0. The lowest BCUT2D eigenvalue weighted by atomic mass is 10.2. The van der Waals surface area contributed by atoms with Crippen molar-refractivity contribution in [3.8, 4) is 0 Å². The minimum atomic E-state index is 0.455. The van der Waals surface area contributed by atoms with Gasteiger partial charge in [-0.15, -0.1) is 0 Å². The van der Waals surface area contributed by atoms with E-state index in [9.17, 15) is 0 Å². The normalized spacial score (nSPS) is 10.1. The van der Waals surface area contributed by atoms with Gasteiger partial charge in [0, 0.05) is 12.4 Å². The lowest BCUT2D eigenvalue weighted by molar-refractivity contribution is 1.26. The Labute approximate surface area is 108 Å². The van der Waals surface area contributed by atoms with Crippen LogP contribution in [0.4, 0.5) is 0 Å². The van der Waals surface area contributed by atoms with E-state index in [1.54, 1.807) is 36.7 Å². The van der Waals surface area contributed by atoms with Crippen LogP contribution in [0.15, 0.2) is 36.7 Å². The second-order valence-electron chi connectivity index (χ2n) is 3.00. The van der Waals surface area contributed by atoms with Crippen LogP contribution in [0.1, 0.15) is 11.4 Å². The molecule has 0 saturated heterocycles. The molecule has 0 N–H and O–H groups in total. The van der Waals surface area contributed by atoms with E-state index < -0.39 is 0 Å². The highest BCUT2D eigenvalue weighted by Gasteiger charge is 2.13. The van der Waals surface area contributed by atoms with Gasteiger partial charge in [0.15, 0.2) is 0 Å². The number of hydrogen-bond donors (Lipinski definition) is 0. The molecule has 0 aliphatic heterocycles. The molecule has 0 atom stereocenters. The van der Waals surface area contributed by atoms with Gasteiger partial charge in [-0.3, -0.25) is 9.97 Å². The van der Waals surface area contributed by atoms with Crippen molar-refractivity contribution in [2.24, 2.45) is 0 Å². The molecule has 2 rings (SSSR count). The number of pyridine rings is 2. The minimum Gasteiger partial charge on any atom is -0.254 e. The van der Waals surface area contributed by atoms with Crippen molar-refractivity contribution in [3.05, 3.63) is 58.1 Å². The molecule has 2 nitrogen and oxygen atoms in total. The van der Waals surface area contributed by atoms with Gasteiger partial charge in [-0.2, -0.15) is 0 Å². The third-order valence-electron chi connectivity index (χ3n) is 1.95. The summed E-state index contributed by atoms with van der Waals surface area (Å²) >= 11 is 17.3. The maximum Gasteiger partial charge on any atom is 0.102 e. The van der Waals surface area contributed by atoms with Gasteiger partial charge in [-0.1, -0.05) is 35.4 Å². The van der Waals surface area contributed by atoms with Crippen molar-refractivity contribution in [1.29, 1.82) is 0 Å². The molecule has 0 unspecified atom stereocenters. The molecule has 5 heteroatoms. The maximum absolute atomic E-state index is 6.00. The first-order valence-electron chi connectivity index (χ1n) is 4.46. The molecule has 0 amide bonds. The van der Waals surface area contributed by atoms with E-state index >= 15 is 0 Å². The molecule has 0 spiro atoms. The molecular weight excluding hydrogens is 263 g/mol. The Balaban J connectivity index is 2.48. The summed E-state index contributed by atoms with van der Waals surface area (Å²) in [5, 5.41) is 0.989. The predicted molar refractivity (Wildman–Crippen MR) is 69.3 cm³/mol. The Bertz CT molecular complexity index is 496. The van der Waals surface area contributed by atoms with Gasteiger partial charge < -0.3 is 0 Å². The van der Waals surface area contributed by atoms with Gasteiger partial charge >= 0.3 is 0 Å². The van der Waals surface area contributed by atoms with Crippen LogP contribution in [0.2, 0.25) is 10.0 Å². The van der Waals surface area contributed by atoms with Crippen LogP contribution in [0, 0.1) is 0 Å². The summed E-state index contributed by atoms with van der Waals surface area (Å²) in [6.07, 6.45) is 3.26. The molecular formula is C11H6Cl2N2S. The van der Waals surface area contributed by atoms with Crippen molar-refractivity contribution < 1.29 is 0 Å². The molecule has 80 valence electrons. The summed E-state index contributed by atoms with van der Waals surface area (Å²) in [5.74, 6) is 0. The fourth-order valence-electron chi connectivity index (χ4n) is 1.22. The Hall–Kier alpha value is -1.03. The average Bonchev–Trinajstić information content (AvgIpc) is 2.29. The molecule has 0 bridgehead atoms. The molecule has 2 aromatic rings. The standard InChI is InChI=1S/C11H6Cl2N2S/c12-7-3-1-5-14-9(7)11(16)10-8(13)4-2-6-15-10/h1-6H. The van der Waals surface area contributed by atoms with Crippen molar-refractivity contribution in [3.63, 3.8) is 0 Å². The highest BCUT2D eigenvalue weighted by atomic mass is 35.5. The van der Waals surface area contributed by atoms with Crippen LogP contribution in [0.25, 0.3) is 0 Å². The quantitative estimate of drug-likeness (QED) is 0.616. The van der Waals surface area contributed by atoms with E-state index in [4.69, 9.17) is 35.4 Å². The summed E-state index contributed by atoms with van der Waals surface area (Å²) < 4.78 is 0. The topological polar surface area (TPSA) is 25.8 Å². The summed E-state index contributed by atoms with van der Waals surface area (Å²) in [5.41, 5.74) is 1.06. The third-order valence-corrected chi connectivity index (χ3v) is 2.94. The maximum atomic E-state index is 6.00. The lowest BCUT2D eigenvalue weighted by Gasteiger charge is -2.05. The van der Waals surface area contributed by atoms with E-state index in [1.807, 2.05) is 0 Å². The molecule has 0 saturated carbocycles. The van der Waals surface area contributed by atoms with E-state index in [-0.39, 0.29) is 0 Å². The smallest absolute Gasteiger partial charge is 0.102 e. The van der Waals surface area contributed by atoms with Crippen molar-refractivity contribution in [2.75, 3.05) is 0 Å². The largest absolute Gasteiger partial charge is 0.254 e. The summed E-state index contributed by atoms with van der Waals surface area (Å²) in [6, 6.07) is 6.95. The highest BCUT2D eigenvalue weighted by Crippen LogP contribution is 2.21. The van der Waals surface area contributed by atoms with Crippen LogP contribution in [-0.2, 0) is 0 Å². The first kappa shape index (κ1) is 11.5. The molecule has 2 aromatic heterocycles. The second kappa shape index (κ2) is 4.87. The zero-order chi connectivity index (χ0) is 11.5. The molecule has 0 fully saturated rings. The number of hydrogen-bond acceptors (Lipinski definition) is 3. The first-order chi connectivity index (χ1) is 7.70. The van der Waals surface area contributed by atoms with Gasteiger partial charge in [0.25, 0.3) is 0 Å². The van der Waals surface area contributed by atoms with Crippen LogP contribution in [0.5, 0.6) is 0 Å². The van der Waals surface area contributed by atoms with Crippen molar-refractivity contribution in [1.82, 2.24) is 9.97 Å². The van der Waals surface area contributed by atoms with E-state index in [1.165, 1.54) is 0 Å². The first-order valence-corrected chi connectivity index (χ1v) is 5.62. The van der Waals surface area contributed by atoms with Crippen molar-refractivity contribution >= 4 is 40.3 Å². The average molecular weight is 269 g/mol. The lowest BCUT2D eigenvalue weighted by Crippen LogP contribution is -2.06. The van der Waals surface area contributed by atoms with Crippen molar-refractivity contribution in [2.45, 2.75) is 0 Å². The van der Waals surface area contributed by atoms with Crippen LogP contribution in [-0.4, -0.2) is 14.8 Å². The fourth-order valence-corrected chi connectivity index (χ4v) is 2.09. The Morgan fingerprint density at radius 1 is 0.938 bits per heavy atom. The Morgan fingerprint density at radius 2 is 1.38 bits per heavy atom. The van der Waals surface area contributed by atoms with Crippen LogP contribution >= 0.6 is 35.4 Å². The number of nitrogens with zero attached hydrogens (tertiary/aromatic N) is 2. The minimum absolute atomic E-state index is 0.455. The third kappa shape index (κ3) is 2.21.